The molecule has 0 amide bonds. The molecule has 2 atom stereocenters. The maximum absolute atomic E-state index is 10.5. The average Bonchev–Trinajstić information content (AvgIpc) is 2.51. The quantitative estimate of drug-likeness (QED) is 0.348. The molecule has 1 N–H and O–H groups in total. The summed E-state index contributed by atoms with van der Waals surface area (Å²) in [5.41, 5.74) is 0.889. The predicted molar refractivity (Wildman–Crippen MR) is 81.2 cm³/mol. The van der Waals surface area contributed by atoms with Crippen molar-refractivity contribution >= 4 is 12.3 Å². The Balaban J connectivity index is 0.000000433. The second kappa shape index (κ2) is 11.4. The molecular weight excluding hydrogens is 290 g/mol. The van der Waals surface area contributed by atoms with E-state index < -0.39 is 12.0 Å². The number of carboxylic acid groups (broad SMARTS) is 1. The summed E-state index contributed by atoms with van der Waals surface area (Å²) in [4.78, 5) is 30.1. The molecule has 122 valence electrons. The van der Waals surface area contributed by atoms with Crippen LogP contribution < -0.4 is 0 Å². The van der Waals surface area contributed by atoms with Gasteiger partial charge in [0, 0.05) is 31.0 Å². The highest BCUT2D eigenvalue weighted by Crippen LogP contribution is 2.20. The molecule has 0 fully saturated rings. The number of carboxylic acids is 1. The molecule has 0 radical (unpaired) electrons. The van der Waals surface area contributed by atoms with E-state index in [0.717, 1.165) is 18.1 Å². The fraction of sp³-hybridized carbons (Fsp3) is 0.467. The average molecular weight is 311 g/mol. The highest BCUT2D eigenvalue weighted by molar-refractivity contribution is 5.79. The third-order valence-corrected chi connectivity index (χ3v) is 2.95. The predicted octanol–water partition coefficient (Wildman–Crippen LogP) is 2.16. The number of nitro groups is 1. The smallest absolute Gasteiger partial charge is 0.328 e. The van der Waals surface area contributed by atoms with E-state index in [9.17, 15) is 19.7 Å². The standard InChI is InChI=1S/C9H11NO3.C6H10O3/c11-6-2-4-8-3-1-5-9(7-8)10(12)13;1-5(9-2)3-4-6(7)8/h2-4,6,9H,1,5,7H2;3-5H,1-2H3,(H,7,8)/b4-2+;4-3-. The van der Waals surface area contributed by atoms with Crippen molar-refractivity contribution in [2.24, 2.45) is 0 Å². The first-order chi connectivity index (χ1) is 10.4. The fourth-order valence-electron chi connectivity index (χ4n) is 1.69. The number of nitrogens with zero attached hydrogens (tertiary/aromatic N) is 1. The second-order valence-corrected chi connectivity index (χ2v) is 4.63. The molecule has 0 spiro atoms. The van der Waals surface area contributed by atoms with Crippen molar-refractivity contribution in [3.8, 4) is 0 Å². The Bertz CT molecular complexity index is 467. The van der Waals surface area contributed by atoms with Crippen molar-refractivity contribution < 1.29 is 24.4 Å². The Hall–Kier alpha value is -2.28. The van der Waals surface area contributed by atoms with Gasteiger partial charge in [0.25, 0.3) is 0 Å². The molecule has 0 aromatic rings. The Morgan fingerprint density at radius 2 is 2.27 bits per heavy atom. The molecule has 2 unspecified atom stereocenters. The van der Waals surface area contributed by atoms with Crippen LogP contribution in [0.25, 0.3) is 0 Å². The van der Waals surface area contributed by atoms with Crippen LogP contribution in [0.2, 0.25) is 0 Å². The summed E-state index contributed by atoms with van der Waals surface area (Å²) in [5, 5.41) is 18.6. The van der Waals surface area contributed by atoms with Gasteiger partial charge < -0.3 is 9.84 Å². The van der Waals surface area contributed by atoms with Gasteiger partial charge >= 0.3 is 5.97 Å². The monoisotopic (exact) mass is 311 g/mol. The third-order valence-electron chi connectivity index (χ3n) is 2.95. The van der Waals surface area contributed by atoms with Crippen LogP contribution >= 0.6 is 0 Å². The molecular formula is C15H21NO6. The summed E-state index contributed by atoms with van der Waals surface area (Å²) in [6, 6.07) is -0.476. The number of allylic oxidation sites excluding steroid dienone is 3. The van der Waals surface area contributed by atoms with Gasteiger partial charge in [-0.3, -0.25) is 14.9 Å². The highest BCUT2D eigenvalue weighted by Gasteiger charge is 2.23. The summed E-state index contributed by atoms with van der Waals surface area (Å²) in [6.07, 6.45) is 9.82. The number of carbonyl (C=O) groups is 2. The minimum Gasteiger partial charge on any atom is -0.478 e. The van der Waals surface area contributed by atoms with Gasteiger partial charge in [-0.05, 0) is 31.1 Å². The normalized spacial score (nSPS) is 19.2. The van der Waals surface area contributed by atoms with Crippen molar-refractivity contribution in [1.29, 1.82) is 0 Å². The number of hydrogen-bond acceptors (Lipinski definition) is 5. The Morgan fingerprint density at radius 1 is 1.59 bits per heavy atom. The summed E-state index contributed by atoms with van der Waals surface area (Å²) in [7, 11) is 1.52. The lowest BCUT2D eigenvalue weighted by molar-refractivity contribution is -0.523. The summed E-state index contributed by atoms with van der Waals surface area (Å²) in [6.45, 7) is 1.76. The van der Waals surface area contributed by atoms with E-state index >= 15 is 0 Å². The lowest BCUT2D eigenvalue weighted by atomic mass is 9.95. The molecule has 0 saturated heterocycles. The molecule has 0 aromatic heterocycles. The van der Waals surface area contributed by atoms with Gasteiger partial charge in [-0.15, -0.1) is 0 Å². The number of hydrogen-bond donors (Lipinski definition) is 1. The summed E-state index contributed by atoms with van der Waals surface area (Å²) < 4.78 is 4.75. The first-order valence-electron chi connectivity index (χ1n) is 6.79. The molecule has 1 aliphatic rings. The van der Waals surface area contributed by atoms with Crippen LogP contribution in [0.15, 0.2) is 36.0 Å². The zero-order valence-corrected chi connectivity index (χ0v) is 12.7. The van der Waals surface area contributed by atoms with Gasteiger partial charge in [-0.25, -0.2) is 4.79 Å². The minimum absolute atomic E-state index is 0.124. The van der Waals surface area contributed by atoms with Crippen LogP contribution in [0.5, 0.6) is 0 Å². The zero-order valence-electron chi connectivity index (χ0n) is 12.7. The Kier molecular flexibility index (Phi) is 10.2. The van der Waals surface area contributed by atoms with E-state index in [-0.39, 0.29) is 11.0 Å². The largest absolute Gasteiger partial charge is 0.478 e. The number of rotatable bonds is 6. The molecule has 0 aliphatic heterocycles. The Morgan fingerprint density at radius 3 is 2.77 bits per heavy atom. The van der Waals surface area contributed by atoms with Gasteiger partial charge in [-0.2, -0.15) is 0 Å². The van der Waals surface area contributed by atoms with Gasteiger partial charge in [-0.1, -0.05) is 12.2 Å². The third kappa shape index (κ3) is 9.60. The van der Waals surface area contributed by atoms with Gasteiger partial charge in [0.05, 0.1) is 6.10 Å². The topological polar surface area (TPSA) is 107 Å². The number of aldehydes is 1. The molecule has 0 aromatic carbocycles. The Labute approximate surface area is 129 Å². The number of aliphatic carboxylic acids is 1. The van der Waals surface area contributed by atoms with Crippen molar-refractivity contribution in [1.82, 2.24) is 0 Å². The van der Waals surface area contributed by atoms with Crippen LogP contribution in [0, 0.1) is 10.1 Å². The SMILES string of the molecule is COC(C)/C=C\C(=O)O.O=C/C=C/C1=CCCC([N+](=O)[O-])C1. The highest BCUT2D eigenvalue weighted by atomic mass is 16.6. The molecule has 1 rings (SSSR count). The van der Waals surface area contributed by atoms with Crippen LogP contribution in [-0.2, 0) is 14.3 Å². The van der Waals surface area contributed by atoms with Crippen LogP contribution in [0.1, 0.15) is 26.2 Å². The number of carbonyl (C=O) groups excluding carboxylic acids is 1. The van der Waals surface area contributed by atoms with E-state index in [2.05, 4.69) is 0 Å². The fourth-order valence-corrected chi connectivity index (χ4v) is 1.69. The molecule has 0 heterocycles. The van der Waals surface area contributed by atoms with Gasteiger partial charge in [0.1, 0.15) is 6.29 Å². The number of methoxy groups -OCH3 is 1. The second-order valence-electron chi connectivity index (χ2n) is 4.63. The maximum atomic E-state index is 10.5. The van der Waals surface area contributed by atoms with E-state index in [1.807, 2.05) is 6.08 Å². The van der Waals surface area contributed by atoms with Gasteiger partial charge in [0.15, 0.2) is 0 Å². The first kappa shape index (κ1) is 19.7. The van der Waals surface area contributed by atoms with Crippen molar-refractivity contribution in [2.75, 3.05) is 7.11 Å². The minimum atomic E-state index is -0.945. The lowest BCUT2D eigenvalue weighted by Crippen LogP contribution is -2.21. The summed E-state index contributed by atoms with van der Waals surface area (Å²) >= 11 is 0. The zero-order chi connectivity index (χ0) is 17.0. The van der Waals surface area contributed by atoms with Gasteiger partial charge in [0.2, 0.25) is 6.04 Å². The van der Waals surface area contributed by atoms with Crippen molar-refractivity contribution in [3.63, 3.8) is 0 Å². The molecule has 7 heteroatoms. The molecule has 7 nitrogen and oxygen atoms in total. The van der Waals surface area contributed by atoms with E-state index in [1.165, 1.54) is 19.3 Å². The van der Waals surface area contributed by atoms with E-state index in [1.54, 1.807) is 13.0 Å². The van der Waals surface area contributed by atoms with Crippen molar-refractivity contribution in [2.45, 2.75) is 38.3 Å². The van der Waals surface area contributed by atoms with Crippen LogP contribution in [0.3, 0.4) is 0 Å². The summed E-state index contributed by atoms with van der Waals surface area (Å²) in [5.74, 6) is -0.945. The van der Waals surface area contributed by atoms with Crippen molar-refractivity contribution in [3.05, 3.63) is 46.1 Å². The van der Waals surface area contributed by atoms with E-state index in [4.69, 9.17) is 9.84 Å². The van der Waals surface area contributed by atoms with Crippen LogP contribution in [-0.4, -0.2) is 41.5 Å². The molecule has 22 heavy (non-hydrogen) atoms. The van der Waals surface area contributed by atoms with E-state index in [0.29, 0.717) is 19.1 Å². The molecule has 0 saturated carbocycles. The maximum Gasteiger partial charge on any atom is 0.328 e. The lowest BCUT2D eigenvalue weighted by Gasteiger charge is -2.13. The number of ether oxygens (including phenoxy) is 1. The first-order valence-corrected chi connectivity index (χ1v) is 6.79. The van der Waals surface area contributed by atoms with Crippen LogP contribution in [0.4, 0.5) is 0 Å². The molecule has 0 bridgehead atoms. The molecule has 1 aliphatic carbocycles.